The summed E-state index contributed by atoms with van der Waals surface area (Å²) in [6.07, 6.45) is 3.89. The van der Waals surface area contributed by atoms with Gasteiger partial charge in [-0.05, 0) is 68.5 Å². The van der Waals surface area contributed by atoms with Gasteiger partial charge in [-0.15, -0.1) is 12.4 Å². The highest BCUT2D eigenvalue weighted by Crippen LogP contribution is 2.24. The van der Waals surface area contributed by atoms with Crippen molar-refractivity contribution in [2.75, 3.05) is 25.0 Å². The molecule has 1 heterocycles. The van der Waals surface area contributed by atoms with E-state index in [1.165, 1.54) is 0 Å². The number of amides is 2. The van der Waals surface area contributed by atoms with Crippen LogP contribution < -0.4 is 16.0 Å². The van der Waals surface area contributed by atoms with E-state index in [0.29, 0.717) is 42.7 Å². The Morgan fingerprint density at radius 1 is 1.19 bits per heavy atom. The highest BCUT2D eigenvalue weighted by Gasteiger charge is 2.21. The molecule has 0 spiro atoms. The van der Waals surface area contributed by atoms with Crippen LogP contribution in [-0.2, 0) is 9.59 Å². The largest absolute Gasteiger partial charge is 0.356 e. The topological polar surface area (TPSA) is 70.2 Å². The molecule has 3 N–H and O–H groups in total. The second kappa shape index (κ2) is 12.2. The maximum absolute atomic E-state index is 12.0. The van der Waals surface area contributed by atoms with Crippen LogP contribution in [0, 0.1) is 11.8 Å². The van der Waals surface area contributed by atoms with Gasteiger partial charge in [0.1, 0.15) is 0 Å². The first-order valence-corrected chi connectivity index (χ1v) is 9.45. The van der Waals surface area contributed by atoms with E-state index in [9.17, 15) is 9.59 Å². The van der Waals surface area contributed by atoms with Crippen LogP contribution >= 0.6 is 24.0 Å². The van der Waals surface area contributed by atoms with Crippen molar-refractivity contribution < 1.29 is 9.59 Å². The van der Waals surface area contributed by atoms with Gasteiger partial charge in [-0.25, -0.2) is 0 Å². The average Bonchev–Trinajstić information content (AvgIpc) is 2.61. The van der Waals surface area contributed by atoms with Crippen molar-refractivity contribution in [2.24, 2.45) is 11.8 Å². The SMILES string of the molecule is CC(CC(=O)NCCCC(=O)Nc1ccc(Cl)cc1)C1CCNCC1.Cl. The van der Waals surface area contributed by atoms with Crippen LogP contribution in [0.4, 0.5) is 5.69 Å². The zero-order valence-corrected chi connectivity index (χ0v) is 16.8. The molecule has 0 aliphatic carbocycles. The lowest BCUT2D eigenvalue weighted by atomic mass is 9.84. The summed E-state index contributed by atoms with van der Waals surface area (Å²) >= 11 is 5.81. The van der Waals surface area contributed by atoms with Crippen molar-refractivity contribution in [3.8, 4) is 0 Å². The van der Waals surface area contributed by atoms with E-state index < -0.39 is 0 Å². The lowest BCUT2D eigenvalue weighted by Gasteiger charge is -2.27. The fourth-order valence-electron chi connectivity index (χ4n) is 3.18. The van der Waals surface area contributed by atoms with Crippen LogP contribution in [0.5, 0.6) is 0 Å². The number of halogens is 2. The van der Waals surface area contributed by atoms with Gasteiger partial charge in [0.05, 0.1) is 0 Å². The van der Waals surface area contributed by atoms with E-state index in [1.807, 2.05) is 0 Å². The third kappa shape index (κ3) is 8.39. The summed E-state index contributed by atoms with van der Waals surface area (Å²) in [5, 5.41) is 9.73. The number of hydrogen-bond donors (Lipinski definition) is 3. The fourth-order valence-corrected chi connectivity index (χ4v) is 3.30. The smallest absolute Gasteiger partial charge is 0.224 e. The summed E-state index contributed by atoms with van der Waals surface area (Å²) in [5.74, 6) is 1.08. The molecule has 0 aromatic heterocycles. The number of rotatable bonds is 8. The predicted molar refractivity (Wildman–Crippen MR) is 109 cm³/mol. The van der Waals surface area contributed by atoms with Gasteiger partial charge in [0.25, 0.3) is 0 Å². The molecule has 0 saturated carbocycles. The number of piperidine rings is 1. The minimum Gasteiger partial charge on any atom is -0.356 e. The van der Waals surface area contributed by atoms with Crippen LogP contribution in [-0.4, -0.2) is 31.4 Å². The normalized spacial score (nSPS) is 15.6. The predicted octanol–water partition coefficient (Wildman–Crippen LogP) is 3.62. The number of benzene rings is 1. The molecule has 1 saturated heterocycles. The number of nitrogens with one attached hydrogen (secondary N) is 3. The van der Waals surface area contributed by atoms with Crippen LogP contribution in [0.25, 0.3) is 0 Å². The summed E-state index contributed by atoms with van der Waals surface area (Å²) in [6.45, 7) is 4.81. The van der Waals surface area contributed by atoms with Crippen LogP contribution in [0.3, 0.4) is 0 Å². The minimum atomic E-state index is -0.0559. The molecule has 1 unspecified atom stereocenters. The average molecular weight is 402 g/mol. The first-order valence-electron chi connectivity index (χ1n) is 9.07. The molecule has 0 radical (unpaired) electrons. The molecule has 1 atom stereocenters. The lowest BCUT2D eigenvalue weighted by molar-refractivity contribution is -0.122. The van der Waals surface area contributed by atoms with Crippen molar-refractivity contribution in [3.05, 3.63) is 29.3 Å². The molecule has 7 heteroatoms. The lowest BCUT2D eigenvalue weighted by Crippen LogP contribution is -2.33. The monoisotopic (exact) mass is 401 g/mol. The Bertz CT molecular complexity index is 560. The summed E-state index contributed by atoms with van der Waals surface area (Å²) in [7, 11) is 0. The molecule has 0 bridgehead atoms. The Balaban J connectivity index is 0.00000338. The molecule has 146 valence electrons. The molecule has 26 heavy (non-hydrogen) atoms. The molecule has 1 aliphatic rings. The molecule has 1 aliphatic heterocycles. The first-order chi connectivity index (χ1) is 12.0. The van der Waals surface area contributed by atoms with E-state index >= 15 is 0 Å². The van der Waals surface area contributed by atoms with Gasteiger partial charge in [-0.3, -0.25) is 9.59 Å². The van der Waals surface area contributed by atoms with Gasteiger partial charge < -0.3 is 16.0 Å². The standard InChI is InChI=1S/C19H28ClN3O2.ClH/c1-14(15-8-11-21-12-9-15)13-19(25)22-10-2-3-18(24)23-17-6-4-16(20)5-7-17;/h4-7,14-15,21H,2-3,8-13H2,1H3,(H,22,25)(H,23,24);1H. The van der Waals surface area contributed by atoms with Crippen LogP contribution in [0.15, 0.2) is 24.3 Å². The van der Waals surface area contributed by atoms with E-state index in [1.54, 1.807) is 24.3 Å². The van der Waals surface area contributed by atoms with E-state index in [-0.39, 0.29) is 24.2 Å². The van der Waals surface area contributed by atoms with Crippen LogP contribution in [0.1, 0.15) is 39.0 Å². The molecular formula is C19H29Cl2N3O2. The van der Waals surface area contributed by atoms with Gasteiger partial charge in [0.2, 0.25) is 11.8 Å². The highest BCUT2D eigenvalue weighted by atomic mass is 35.5. The molecule has 2 amide bonds. The molecule has 5 nitrogen and oxygen atoms in total. The van der Waals surface area contributed by atoms with Gasteiger partial charge >= 0.3 is 0 Å². The third-order valence-corrected chi connectivity index (χ3v) is 4.98. The number of hydrogen-bond acceptors (Lipinski definition) is 3. The molecule has 2 rings (SSSR count). The third-order valence-electron chi connectivity index (χ3n) is 4.73. The second-order valence-electron chi connectivity index (χ2n) is 6.78. The highest BCUT2D eigenvalue weighted by molar-refractivity contribution is 6.30. The van der Waals surface area contributed by atoms with E-state index in [0.717, 1.165) is 31.6 Å². The summed E-state index contributed by atoms with van der Waals surface area (Å²) in [5.41, 5.74) is 0.731. The van der Waals surface area contributed by atoms with Crippen molar-refractivity contribution in [2.45, 2.75) is 39.0 Å². The molecule has 1 aromatic carbocycles. The van der Waals surface area contributed by atoms with Crippen molar-refractivity contribution in [1.29, 1.82) is 0 Å². The molecule has 1 fully saturated rings. The fraction of sp³-hybridized carbons (Fsp3) is 0.579. The Hall–Kier alpha value is -1.30. The molecular weight excluding hydrogens is 373 g/mol. The Labute approximate surface area is 167 Å². The van der Waals surface area contributed by atoms with Crippen molar-refractivity contribution >= 4 is 41.5 Å². The van der Waals surface area contributed by atoms with E-state index in [2.05, 4.69) is 22.9 Å². The van der Waals surface area contributed by atoms with Gasteiger partial charge in [-0.2, -0.15) is 0 Å². The number of carbonyl (C=O) groups excluding carboxylic acids is 2. The number of anilines is 1. The van der Waals surface area contributed by atoms with Gasteiger partial charge in [0.15, 0.2) is 0 Å². The Morgan fingerprint density at radius 3 is 2.50 bits per heavy atom. The van der Waals surface area contributed by atoms with Crippen molar-refractivity contribution in [3.63, 3.8) is 0 Å². The maximum atomic E-state index is 12.0. The van der Waals surface area contributed by atoms with Gasteiger partial charge in [0, 0.05) is 30.1 Å². The first kappa shape index (κ1) is 22.7. The van der Waals surface area contributed by atoms with Crippen molar-refractivity contribution in [1.82, 2.24) is 10.6 Å². The summed E-state index contributed by atoms with van der Waals surface area (Å²) in [4.78, 5) is 23.9. The quantitative estimate of drug-likeness (QED) is 0.582. The summed E-state index contributed by atoms with van der Waals surface area (Å²) < 4.78 is 0. The Kier molecular flexibility index (Phi) is 10.6. The Morgan fingerprint density at radius 2 is 1.85 bits per heavy atom. The maximum Gasteiger partial charge on any atom is 0.224 e. The minimum absolute atomic E-state index is 0. The van der Waals surface area contributed by atoms with Gasteiger partial charge in [-0.1, -0.05) is 18.5 Å². The zero-order valence-electron chi connectivity index (χ0n) is 15.2. The molecule has 1 aromatic rings. The number of carbonyl (C=O) groups is 2. The summed E-state index contributed by atoms with van der Waals surface area (Å²) in [6, 6.07) is 7.01. The zero-order chi connectivity index (χ0) is 18.1. The second-order valence-corrected chi connectivity index (χ2v) is 7.21. The van der Waals surface area contributed by atoms with Crippen LogP contribution in [0.2, 0.25) is 5.02 Å². The van der Waals surface area contributed by atoms with E-state index in [4.69, 9.17) is 11.6 Å².